The summed E-state index contributed by atoms with van der Waals surface area (Å²) in [5.74, 6) is 1.53. The van der Waals surface area contributed by atoms with Gasteiger partial charge in [0, 0.05) is 57.2 Å². The van der Waals surface area contributed by atoms with Crippen molar-refractivity contribution < 1.29 is 38.1 Å². The number of thiazole rings is 1. The number of allylic oxidation sites excluding steroid dienone is 3. The Morgan fingerprint density at radius 3 is 2.34 bits per heavy atom. The molecule has 4 heterocycles. The molecule has 4 N–H and O–H groups in total. The third-order valence-corrected chi connectivity index (χ3v) is 14.9. The Hall–Kier alpha value is -6.87. The van der Waals surface area contributed by atoms with E-state index in [1.165, 1.54) is 16.8 Å². The Balaban J connectivity index is 0.675. The molecule has 3 aromatic heterocycles. The van der Waals surface area contributed by atoms with E-state index in [4.69, 9.17) is 18.9 Å². The minimum Gasteiger partial charge on any atom is -0.494 e. The molecule has 1 aliphatic carbocycles. The van der Waals surface area contributed by atoms with Crippen molar-refractivity contribution in [2.75, 3.05) is 64.7 Å². The van der Waals surface area contributed by atoms with Crippen molar-refractivity contribution in [3.8, 4) is 17.3 Å². The Kier molecular flexibility index (Phi) is 23.1. The molecule has 0 radical (unpaired) electrons. The number of hydrogen-bond acceptors (Lipinski definition) is 15. The summed E-state index contributed by atoms with van der Waals surface area (Å²) in [7, 11) is 1.89. The minimum absolute atomic E-state index is 0.149. The molecule has 4 atom stereocenters. The maximum atomic E-state index is 14.0. The molecule has 0 spiro atoms. The fourth-order valence-corrected chi connectivity index (χ4v) is 10.2. The summed E-state index contributed by atoms with van der Waals surface area (Å²) in [6.07, 6.45) is 16.4. The zero-order valence-electron chi connectivity index (χ0n) is 46.7. The monoisotopic (exact) mass is 1100 g/mol. The van der Waals surface area contributed by atoms with Gasteiger partial charge in [0.05, 0.1) is 61.7 Å². The fraction of sp³-hybridized carbons (Fsp3) is 0.508. The van der Waals surface area contributed by atoms with Gasteiger partial charge < -0.3 is 49.7 Å². The van der Waals surface area contributed by atoms with Crippen LogP contribution in [0.2, 0.25) is 0 Å². The number of carbonyl (C=O) groups is 4. The maximum Gasteiger partial charge on any atom is 0.251 e. The standard InChI is InChI=1S/C59H79N11O8S/c1-41(65-56(72)46-16-11-17-47(35-46)61-38-51-67-68-55(69(51)6)49-25-26-60-39-63-49)45-15-12-18-48(36-45)78-30-10-8-7-9-28-75-31-33-77-34-32-76-29-14-20-52(71)66-54(59(3,4)5)58(74)70-27-13-19-50(70)57(73)62-37-43-21-23-44(24-22-43)53-42(2)64-40-79-53/h11-12,15-18,21,23-26,35-36,39-41,43,50,54,61H,7-10,13-14,19-20,22,27-34,37-38H2,1-6H3,(H,62,73)(H,65,72)(H,66,71). The number of ether oxygens (including phenoxy) is 4. The lowest BCUT2D eigenvalue weighted by Gasteiger charge is -2.35. The van der Waals surface area contributed by atoms with E-state index in [9.17, 15) is 19.2 Å². The Labute approximate surface area is 468 Å². The zero-order valence-corrected chi connectivity index (χ0v) is 47.5. The van der Waals surface area contributed by atoms with Crippen molar-refractivity contribution in [3.63, 3.8) is 0 Å². The van der Waals surface area contributed by atoms with Crippen LogP contribution in [0, 0.1) is 18.3 Å². The van der Waals surface area contributed by atoms with Crippen molar-refractivity contribution in [1.29, 1.82) is 0 Å². The van der Waals surface area contributed by atoms with E-state index < -0.39 is 17.5 Å². The number of nitrogens with one attached hydrogen (secondary N) is 4. The fourth-order valence-electron chi connectivity index (χ4n) is 9.34. The van der Waals surface area contributed by atoms with Gasteiger partial charge >= 0.3 is 0 Å². The van der Waals surface area contributed by atoms with Crippen LogP contribution in [0.15, 0.2) is 90.9 Å². The second-order valence-corrected chi connectivity index (χ2v) is 21.9. The molecule has 5 aromatic rings. The summed E-state index contributed by atoms with van der Waals surface area (Å²) in [5.41, 5.74) is 6.45. The largest absolute Gasteiger partial charge is 0.494 e. The summed E-state index contributed by atoms with van der Waals surface area (Å²) in [6, 6.07) is 15.4. The van der Waals surface area contributed by atoms with Crippen molar-refractivity contribution in [2.24, 2.45) is 18.4 Å². The number of benzene rings is 2. The van der Waals surface area contributed by atoms with Crippen molar-refractivity contribution in [3.05, 3.63) is 118 Å². The molecule has 4 unspecified atom stereocenters. The summed E-state index contributed by atoms with van der Waals surface area (Å²) in [4.78, 5) is 69.2. The quantitative estimate of drug-likeness (QED) is 0.0307. The van der Waals surface area contributed by atoms with Gasteiger partial charge in [-0.05, 0) is 118 Å². The summed E-state index contributed by atoms with van der Waals surface area (Å²) in [6.45, 7) is 14.6. The molecule has 424 valence electrons. The van der Waals surface area contributed by atoms with Gasteiger partial charge in [0.15, 0.2) is 11.6 Å². The van der Waals surface area contributed by atoms with Gasteiger partial charge in [-0.25, -0.2) is 15.0 Å². The number of aryl methyl sites for hydroxylation is 1. The summed E-state index contributed by atoms with van der Waals surface area (Å²) in [5, 5.41) is 21.1. The van der Waals surface area contributed by atoms with Crippen LogP contribution in [-0.4, -0.2) is 130 Å². The van der Waals surface area contributed by atoms with Gasteiger partial charge in [0.1, 0.15) is 29.9 Å². The number of anilines is 1. The van der Waals surface area contributed by atoms with E-state index in [-0.39, 0.29) is 42.0 Å². The molecule has 1 fully saturated rings. The van der Waals surface area contributed by atoms with E-state index in [0.717, 1.165) is 67.0 Å². The topological polar surface area (TPSA) is 226 Å². The first kappa shape index (κ1) is 59.8. The van der Waals surface area contributed by atoms with Crippen LogP contribution in [0.25, 0.3) is 17.1 Å². The molecule has 20 heteroatoms. The van der Waals surface area contributed by atoms with Gasteiger partial charge in [-0.2, -0.15) is 0 Å². The third kappa shape index (κ3) is 18.3. The smallest absolute Gasteiger partial charge is 0.251 e. The first-order valence-corrected chi connectivity index (χ1v) is 28.5. The molecule has 7 rings (SSSR count). The lowest BCUT2D eigenvalue weighted by Crippen LogP contribution is -2.57. The number of hydrogen-bond donors (Lipinski definition) is 4. The normalized spacial score (nSPS) is 16.0. The van der Waals surface area contributed by atoms with Crippen LogP contribution in [-0.2, 0) is 42.2 Å². The molecular weight excluding hydrogens is 1020 g/mol. The SMILES string of the molecule is Cc1ncsc1C1=CCC(CNC(=O)C2CCCN2C(=O)C(NC(=O)CCCOCCOCCOCCCCCCOc2cccc(C(C)NC(=O)c3cccc(NCc4nnc(-c5ccncn5)n4C)c3)c2)C(C)(C)C)C=C1. The van der Waals surface area contributed by atoms with Crippen molar-refractivity contribution in [1.82, 2.24) is 50.6 Å². The highest BCUT2D eigenvalue weighted by atomic mass is 32.1. The highest BCUT2D eigenvalue weighted by molar-refractivity contribution is 7.11. The van der Waals surface area contributed by atoms with Gasteiger partial charge in [-0.3, -0.25) is 19.2 Å². The van der Waals surface area contributed by atoms with Crippen LogP contribution in [0.3, 0.4) is 0 Å². The van der Waals surface area contributed by atoms with Crippen LogP contribution >= 0.6 is 11.3 Å². The molecule has 4 amide bonds. The highest BCUT2D eigenvalue weighted by Gasteiger charge is 2.42. The zero-order chi connectivity index (χ0) is 56.0. The van der Waals surface area contributed by atoms with E-state index in [1.54, 1.807) is 34.6 Å². The lowest BCUT2D eigenvalue weighted by atomic mass is 9.85. The number of amides is 4. The molecule has 19 nitrogen and oxygen atoms in total. The Bertz CT molecular complexity index is 2810. The number of aromatic nitrogens is 6. The summed E-state index contributed by atoms with van der Waals surface area (Å²) < 4.78 is 25.1. The van der Waals surface area contributed by atoms with Gasteiger partial charge in [-0.1, -0.05) is 63.6 Å². The first-order chi connectivity index (χ1) is 38.2. The number of unbranched alkanes of at least 4 members (excludes halogenated alkanes) is 3. The average molecular weight is 1100 g/mol. The van der Waals surface area contributed by atoms with Gasteiger partial charge in [-0.15, -0.1) is 21.5 Å². The van der Waals surface area contributed by atoms with Crippen molar-refractivity contribution in [2.45, 2.75) is 117 Å². The van der Waals surface area contributed by atoms with Gasteiger partial charge in [0.25, 0.3) is 5.91 Å². The van der Waals surface area contributed by atoms with E-state index in [1.807, 2.05) is 94.2 Å². The molecule has 79 heavy (non-hydrogen) atoms. The van der Waals surface area contributed by atoms with E-state index in [0.29, 0.717) is 95.8 Å². The minimum atomic E-state index is -0.766. The van der Waals surface area contributed by atoms with E-state index in [2.05, 4.69) is 64.6 Å². The number of likely N-dealkylation sites (tertiary alicyclic amines) is 1. The third-order valence-electron chi connectivity index (χ3n) is 13.9. The number of nitrogens with zero attached hydrogens (tertiary/aromatic N) is 7. The molecule has 2 aromatic carbocycles. The maximum absolute atomic E-state index is 14.0. The lowest BCUT2D eigenvalue weighted by molar-refractivity contribution is -0.144. The molecule has 2 aliphatic rings. The second kappa shape index (κ2) is 30.5. The predicted molar refractivity (Wildman–Crippen MR) is 305 cm³/mol. The molecule has 0 saturated carbocycles. The molecule has 1 saturated heterocycles. The van der Waals surface area contributed by atoms with Crippen LogP contribution in [0.4, 0.5) is 5.69 Å². The summed E-state index contributed by atoms with van der Waals surface area (Å²) >= 11 is 1.63. The predicted octanol–water partition coefficient (Wildman–Crippen LogP) is 8.21. The van der Waals surface area contributed by atoms with Crippen LogP contribution in [0.5, 0.6) is 5.75 Å². The van der Waals surface area contributed by atoms with Gasteiger partial charge in [0.2, 0.25) is 17.7 Å². The average Bonchev–Trinajstić information content (AvgIpc) is 4.26. The highest BCUT2D eigenvalue weighted by Crippen LogP contribution is 2.30. The Morgan fingerprint density at radius 2 is 1.62 bits per heavy atom. The van der Waals surface area contributed by atoms with Crippen LogP contribution < -0.4 is 26.0 Å². The molecule has 1 aliphatic heterocycles. The Morgan fingerprint density at radius 1 is 0.861 bits per heavy atom. The van der Waals surface area contributed by atoms with Crippen LogP contribution in [0.1, 0.15) is 124 Å². The molecular formula is C59H79N11O8S. The molecule has 0 bridgehead atoms. The second-order valence-electron chi connectivity index (χ2n) is 21.1. The number of carbonyl (C=O) groups excluding carboxylic acids is 4. The van der Waals surface area contributed by atoms with E-state index >= 15 is 0 Å². The first-order valence-electron chi connectivity index (χ1n) is 27.7. The number of rotatable bonds is 31. The van der Waals surface area contributed by atoms with Crippen molar-refractivity contribution >= 4 is 46.2 Å².